The van der Waals surface area contributed by atoms with E-state index in [9.17, 15) is 4.79 Å². The lowest BCUT2D eigenvalue weighted by atomic mass is 10.0. The van der Waals surface area contributed by atoms with Crippen molar-refractivity contribution in [2.24, 2.45) is 0 Å². The maximum Gasteiger partial charge on any atom is 0.252 e. The zero-order valence-corrected chi connectivity index (χ0v) is 21.0. The fraction of sp³-hybridized carbons (Fsp3) is 0.407. The first kappa shape index (κ1) is 24.8. The molecule has 4 rings (SSSR count). The van der Waals surface area contributed by atoms with Crippen LogP contribution in [0.25, 0.3) is 10.9 Å². The number of aromatic amines is 1. The molecule has 0 fully saturated rings. The van der Waals surface area contributed by atoms with Crippen LogP contribution in [0.15, 0.2) is 53.3 Å². The second-order valence-corrected chi connectivity index (χ2v) is 9.10. The van der Waals surface area contributed by atoms with Gasteiger partial charge in [-0.2, -0.15) is 0 Å². The number of aryl methyl sites for hydroxylation is 2. The number of rotatable bonds is 11. The van der Waals surface area contributed by atoms with E-state index in [1.165, 1.54) is 11.1 Å². The summed E-state index contributed by atoms with van der Waals surface area (Å²) in [4.78, 5) is 18.6. The Morgan fingerprint density at radius 3 is 2.60 bits per heavy atom. The number of nitrogens with one attached hydrogen (secondary N) is 1. The number of methoxy groups -OCH3 is 1. The van der Waals surface area contributed by atoms with Crippen LogP contribution in [0.4, 0.5) is 0 Å². The van der Waals surface area contributed by atoms with Crippen molar-refractivity contribution in [2.75, 3.05) is 13.7 Å². The molecule has 2 aromatic carbocycles. The highest BCUT2D eigenvalue weighted by Gasteiger charge is 2.26. The molecular formula is C27H34N6O2. The summed E-state index contributed by atoms with van der Waals surface area (Å²) in [6.45, 7) is 8.57. The molecule has 0 radical (unpaired) electrons. The first-order valence-corrected chi connectivity index (χ1v) is 12.2. The van der Waals surface area contributed by atoms with Gasteiger partial charge in [0.25, 0.3) is 5.56 Å². The summed E-state index contributed by atoms with van der Waals surface area (Å²) >= 11 is 0. The monoisotopic (exact) mass is 474 g/mol. The van der Waals surface area contributed by atoms with Gasteiger partial charge in [-0.25, -0.2) is 4.68 Å². The second-order valence-electron chi connectivity index (χ2n) is 9.10. The van der Waals surface area contributed by atoms with Gasteiger partial charge in [0.05, 0.1) is 19.2 Å². The zero-order valence-electron chi connectivity index (χ0n) is 21.0. The average molecular weight is 475 g/mol. The van der Waals surface area contributed by atoms with E-state index in [4.69, 9.17) is 4.74 Å². The molecule has 1 unspecified atom stereocenters. The maximum absolute atomic E-state index is 13.1. The topological polar surface area (TPSA) is 88.9 Å². The van der Waals surface area contributed by atoms with Crippen molar-refractivity contribution >= 4 is 10.9 Å². The molecule has 8 heteroatoms. The van der Waals surface area contributed by atoms with Gasteiger partial charge in [0.15, 0.2) is 5.82 Å². The number of H-pyrrole nitrogens is 1. The Morgan fingerprint density at radius 2 is 1.86 bits per heavy atom. The molecule has 1 N–H and O–H groups in total. The first-order chi connectivity index (χ1) is 17.0. The van der Waals surface area contributed by atoms with Crippen LogP contribution in [0.5, 0.6) is 0 Å². The lowest BCUT2D eigenvalue weighted by Gasteiger charge is -2.31. The summed E-state index contributed by atoms with van der Waals surface area (Å²) in [7, 11) is 1.67. The maximum atomic E-state index is 13.1. The minimum Gasteiger partial charge on any atom is -0.383 e. The van der Waals surface area contributed by atoms with Gasteiger partial charge < -0.3 is 9.72 Å². The lowest BCUT2D eigenvalue weighted by molar-refractivity contribution is 0.147. The number of pyridine rings is 1. The van der Waals surface area contributed by atoms with Gasteiger partial charge >= 0.3 is 0 Å². The van der Waals surface area contributed by atoms with Crippen LogP contribution in [0.1, 0.15) is 53.9 Å². The number of nitrogens with zero attached hydrogens (tertiary/aromatic N) is 5. The summed E-state index contributed by atoms with van der Waals surface area (Å²) in [5.74, 6) is 0.795. The third kappa shape index (κ3) is 5.83. The predicted octanol–water partition coefficient (Wildman–Crippen LogP) is 4.32. The van der Waals surface area contributed by atoms with Crippen LogP contribution in [0, 0.1) is 13.8 Å². The number of hydrogen-bond donors (Lipinski definition) is 1. The van der Waals surface area contributed by atoms with Crippen LogP contribution in [0.3, 0.4) is 0 Å². The third-order valence-corrected chi connectivity index (χ3v) is 6.51. The van der Waals surface area contributed by atoms with Gasteiger partial charge in [-0.05, 0) is 71.0 Å². The van der Waals surface area contributed by atoms with E-state index in [1.54, 1.807) is 7.11 Å². The molecule has 0 aliphatic rings. The molecule has 0 aliphatic carbocycles. The fourth-order valence-electron chi connectivity index (χ4n) is 4.49. The second kappa shape index (κ2) is 11.4. The van der Waals surface area contributed by atoms with E-state index >= 15 is 0 Å². The van der Waals surface area contributed by atoms with Gasteiger partial charge in [-0.1, -0.05) is 43.7 Å². The quantitative estimate of drug-likeness (QED) is 0.348. The van der Waals surface area contributed by atoms with Crippen LogP contribution in [0.2, 0.25) is 0 Å². The highest BCUT2D eigenvalue weighted by atomic mass is 16.5. The predicted molar refractivity (Wildman–Crippen MR) is 137 cm³/mol. The molecule has 2 heterocycles. The Hall–Kier alpha value is -3.36. The summed E-state index contributed by atoms with van der Waals surface area (Å²) in [6, 6.07) is 16.5. The number of ether oxygens (including phenoxy) is 1. The van der Waals surface area contributed by atoms with Crippen LogP contribution in [-0.2, 0) is 24.4 Å². The Labute approximate surface area is 205 Å². The third-order valence-electron chi connectivity index (χ3n) is 6.51. The summed E-state index contributed by atoms with van der Waals surface area (Å²) in [5.41, 5.74) is 5.08. The summed E-state index contributed by atoms with van der Waals surface area (Å²) < 4.78 is 7.08. The molecule has 0 spiro atoms. The van der Waals surface area contributed by atoms with E-state index < -0.39 is 0 Å². The highest BCUT2D eigenvalue weighted by Crippen LogP contribution is 2.28. The lowest BCUT2D eigenvalue weighted by Crippen LogP contribution is -2.33. The van der Waals surface area contributed by atoms with Gasteiger partial charge in [0.1, 0.15) is 0 Å². The average Bonchev–Trinajstić information content (AvgIpc) is 3.31. The number of aromatic nitrogens is 5. The first-order valence-electron chi connectivity index (χ1n) is 12.2. The molecule has 8 nitrogen and oxygen atoms in total. The summed E-state index contributed by atoms with van der Waals surface area (Å²) in [5, 5.41) is 13.6. The van der Waals surface area contributed by atoms with Crippen molar-refractivity contribution < 1.29 is 4.74 Å². The van der Waals surface area contributed by atoms with Gasteiger partial charge in [-0.15, -0.1) is 5.10 Å². The van der Waals surface area contributed by atoms with E-state index in [1.807, 2.05) is 35.0 Å². The van der Waals surface area contributed by atoms with E-state index in [2.05, 4.69) is 64.4 Å². The molecule has 0 amide bonds. The SMILES string of the molecule is CCCC(c1nnnn1CCOC)N(Cc1ccccc1)Cc1cc2cc(C)c(C)cc2[nH]c1=O. The molecule has 0 saturated heterocycles. The van der Waals surface area contributed by atoms with Gasteiger partial charge in [0.2, 0.25) is 0 Å². The van der Waals surface area contributed by atoms with E-state index in [0.29, 0.717) is 26.2 Å². The number of hydrogen-bond acceptors (Lipinski definition) is 6. The van der Waals surface area contributed by atoms with Gasteiger partial charge in [-0.3, -0.25) is 9.69 Å². The molecule has 1 atom stereocenters. The Balaban J connectivity index is 1.75. The fourth-order valence-corrected chi connectivity index (χ4v) is 4.49. The highest BCUT2D eigenvalue weighted by molar-refractivity contribution is 5.80. The molecule has 35 heavy (non-hydrogen) atoms. The van der Waals surface area contributed by atoms with Crippen LogP contribution in [-0.4, -0.2) is 43.8 Å². The molecule has 0 bridgehead atoms. The Kier molecular flexibility index (Phi) is 8.05. The largest absolute Gasteiger partial charge is 0.383 e. The van der Waals surface area contributed by atoms with Crippen molar-refractivity contribution in [3.05, 3.63) is 87.0 Å². The van der Waals surface area contributed by atoms with Crippen LogP contribution >= 0.6 is 0 Å². The minimum atomic E-state index is -0.0620. The van der Waals surface area contributed by atoms with E-state index in [-0.39, 0.29) is 11.6 Å². The van der Waals surface area contributed by atoms with Crippen molar-refractivity contribution in [3.63, 3.8) is 0 Å². The molecule has 184 valence electrons. The molecule has 0 aliphatic heterocycles. The van der Waals surface area contributed by atoms with Crippen molar-refractivity contribution in [1.29, 1.82) is 0 Å². The molecule has 0 saturated carbocycles. The van der Waals surface area contributed by atoms with E-state index in [0.717, 1.165) is 40.7 Å². The Bertz CT molecular complexity index is 1310. The summed E-state index contributed by atoms with van der Waals surface area (Å²) in [6.07, 6.45) is 1.82. The van der Waals surface area contributed by atoms with Gasteiger partial charge in [0, 0.05) is 31.3 Å². The standard InChI is InChI=1S/C27H34N6O2/c1-5-9-25(26-29-30-31-33(26)12-13-35-4)32(17-21-10-7-6-8-11-21)18-23-16-22-14-19(2)20(3)15-24(22)28-27(23)34/h6-8,10-11,14-16,25H,5,9,12-13,17-18H2,1-4H3,(H,28,34). The van der Waals surface area contributed by atoms with Crippen LogP contribution < -0.4 is 5.56 Å². The number of benzene rings is 2. The number of tetrazole rings is 1. The Morgan fingerprint density at radius 1 is 1.09 bits per heavy atom. The molecule has 2 aromatic heterocycles. The minimum absolute atomic E-state index is 0.0538. The molecular weight excluding hydrogens is 440 g/mol. The zero-order chi connectivity index (χ0) is 24.8. The molecule has 4 aromatic rings. The normalized spacial score (nSPS) is 12.5. The smallest absolute Gasteiger partial charge is 0.252 e. The van der Waals surface area contributed by atoms with Crippen molar-refractivity contribution in [3.8, 4) is 0 Å². The van der Waals surface area contributed by atoms with Crippen molar-refractivity contribution in [1.82, 2.24) is 30.1 Å². The van der Waals surface area contributed by atoms with Crippen molar-refractivity contribution in [2.45, 2.75) is 59.3 Å². The number of fused-ring (bicyclic) bond motifs is 1.